The molecule has 8 unspecified atom stereocenters. The monoisotopic (exact) mass is 418 g/mol. The molecular weight excluding hydrogens is 376 g/mol. The number of carbonyl (C=O) groups excluding carboxylic acids is 1. The van der Waals surface area contributed by atoms with Gasteiger partial charge in [-0.2, -0.15) is 0 Å². The van der Waals surface area contributed by atoms with Crippen molar-refractivity contribution >= 4 is 11.9 Å². The van der Waals surface area contributed by atoms with Gasteiger partial charge in [0.1, 0.15) is 6.10 Å². The van der Waals surface area contributed by atoms with E-state index in [1.165, 1.54) is 44.9 Å². The van der Waals surface area contributed by atoms with Crippen LogP contribution in [0.1, 0.15) is 98.3 Å². The normalized spacial score (nSPS) is 46.3. The number of fused-ring (bicyclic) bond motifs is 5. The summed E-state index contributed by atoms with van der Waals surface area (Å²) in [5.41, 5.74) is 0.811. The first-order valence-electron chi connectivity index (χ1n) is 12.5. The fraction of sp³-hybridized carbons (Fsp3) is 0.923. The molecule has 4 nitrogen and oxygen atoms in total. The maximum atomic E-state index is 11.5. The highest BCUT2D eigenvalue weighted by atomic mass is 16.5. The van der Waals surface area contributed by atoms with E-state index in [0.717, 1.165) is 37.0 Å². The van der Waals surface area contributed by atoms with E-state index >= 15 is 0 Å². The maximum absolute atomic E-state index is 11.5. The minimum atomic E-state index is -0.652. The van der Waals surface area contributed by atoms with Gasteiger partial charge in [0.25, 0.3) is 0 Å². The predicted octanol–water partition coefficient (Wildman–Crippen LogP) is 6.08. The second-order valence-corrected chi connectivity index (χ2v) is 11.8. The largest absolute Gasteiger partial charge is 0.481 e. The summed E-state index contributed by atoms with van der Waals surface area (Å²) in [6, 6.07) is 0. The van der Waals surface area contributed by atoms with Crippen LogP contribution in [-0.4, -0.2) is 23.1 Å². The molecule has 4 fully saturated rings. The van der Waals surface area contributed by atoms with Gasteiger partial charge in [-0.3, -0.25) is 9.59 Å². The Bertz CT molecular complexity index is 674. The first-order valence-corrected chi connectivity index (χ1v) is 12.5. The number of carboxylic acids is 1. The quantitative estimate of drug-likeness (QED) is 0.550. The van der Waals surface area contributed by atoms with Gasteiger partial charge in [0, 0.05) is 13.3 Å². The number of ether oxygens (including phenoxy) is 1. The molecule has 0 saturated heterocycles. The molecule has 0 aliphatic heterocycles. The summed E-state index contributed by atoms with van der Waals surface area (Å²) < 4.78 is 5.61. The highest BCUT2D eigenvalue weighted by molar-refractivity contribution is 5.66. The second-order valence-electron chi connectivity index (χ2n) is 11.8. The molecule has 0 bridgehead atoms. The zero-order chi connectivity index (χ0) is 21.7. The van der Waals surface area contributed by atoms with Gasteiger partial charge in [-0.25, -0.2) is 0 Å². The zero-order valence-electron chi connectivity index (χ0n) is 19.5. The number of rotatable bonds is 5. The third-order valence-corrected chi connectivity index (χ3v) is 10.5. The summed E-state index contributed by atoms with van der Waals surface area (Å²) in [5.74, 6) is 3.60. The van der Waals surface area contributed by atoms with Crippen molar-refractivity contribution in [3.63, 3.8) is 0 Å². The van der Waals surface area contributed by atoms with E-state index in [2.05, 4.69) is 20.8 Å². The maximum Gasteiger partial charge on any atom is 0.303 e. The van der Waals surface area contributed by atoms with Crippen molar-refractivity contribution in [2.45, 2.75) is 104 Å². The van der Waals surface area contributed by atoms with Crippen LogP contribution in [0.4, 0.5) is 0 Å². The highest BCUT2D eigenvalue weighted by Crippen LogP contribution is 2.68. The molecule has 0 spiro atoms. The van der Waals surface area contributed by atoms with Gasteiger partial charge in [-0.05, 0) is 111 Å². The standard InChI is InChI=1S/C26H42O4/c1-16(5-10-24(28)29)21-8-9-22-20-7-6-18-15-19(30-17(2)27)11-13-25(18,3)23(20)12-14-26(21,22)4/h16,18-23H,5-15H2,1-4H3,(H,28,29)/t16?,18?,19-,20?,21?,22?,23?,25?,26?/m1/s1. The lowest BCUT2D eigenvalue weighted by molar-refractivity contribution is -0.160. The van der Waals surface area contributed by atoms with Crippen LogP contribution in [0.3, 0.4) is 0 Å². The van der Waals surface area contributed by atoms with E-state index < -0.39 is 5.97 Å². The molecule has 0 aromatic heterocycles. The van der Waals surface area contributed by atoms with Crippen molar-refractivity contribution in [2.24, 2.45) is 46.3 Å². The lowest BCUT2D eigenvalue weighted by Gasteiger charge is -2.61. The van der Waals surface area contributed by atoms with E-state index in [-0.39, 0.29) is 12.1 Å². The van der Waals surface area contributed by atoms with Gasteiger partial charge in [-0.15, -0.1) is 0 Å². The topological polar surface area (TPSA) is 63.6 Å². The molecule has 4 saturated carbocycles. The molecule has 4 heteroatoms. The van der Waals surface area contributed by atoms with Gasteiger partial charge < -0.3 is 9.84 Å². The minimum Gasteiger partial charge on any atom is -0.481 e. The number of aliphatic carboxylic acids is 1. The average molecular weight is 419 g/mol. The Morgan fingerprint density at radius 1 is 1.00 bits per heavy atom. The van der Waals surface area contributed by atoms with Crippen LogP contribution in [0.5, 0.6) is 0 Å². The van der Waals surface area contributed by atoms with E-state index in [1.807, 2.05) is 0 Å². The molecule has 9 atom stereocenters. The summed E-state index contributed by atoms with van der Waals surface area (Å²) in [4.78, 5) is 22.5. The predicted molar refractivity (Wildman–Crippen MR) is 117 cm³/mol. The zero-order valence-corrected chi connectivity index (χ0v) is 19.5. The van der Waals surface area contributed by atoms with Gasteiger partial charge >= 0.3 is 11.9 Å². The van der Waals surface area contributed by atoms with Crippen LogP contribution in [0.15, 0.2) is 0 Å². The smallest absolute Gasteiger partial charge is 0.303 e. The van der Waals surface area contributed by atoms with Crippen LogP contribution in [0.25, 0.3) is 0 Å². The SMILES string of the molecule is CC(=O)O[C@@H]1CCC2(C)C(CCC3C2CCC2(C)C(C(C)CCC(=O)O)CCC32)C1. The number of hydrogen-bond acceptors (Lipinski definition) is 3. The number of esters is 1. The Balaban J connectivity index is 1.47. The average Bonchev–Trinajstić information content (AvgIpc) is 3.03. The first kappa shape index (κ1) is 22.1. The minimum absolute atomic E-state index is 0.125. The van der Waals surface area contributed by atoms with Crippen molar-refractivity contribution in [3.05, 3.63) is 0 Å². The summed E-state index contributed by atoms with van der Waals surface area (Å²) in [7, 11) is 0. The number of hydrogen-bond donors (Lipinski definition) is 1. The second kappa shape index (κ2) is 8.13. The van der Waals surface area contributed by atoms with E-state index in [9.17, 15) is 9.59 Å². The molecule has 4 rings (SSSR count). The van der Waals surface area contributed by atoms with Crippen molar-refractivity contribution in [1.82, 2.24) is 0 Å². The van der Waals surface area contributed by atoms with Gasteiger partial charge in [-0.1, -0.05) is 20.8 Å². The molecule has 0 aromatic carbocycles. The number of carboxylic acid groups (broad SMARTS) is 1. The lowest BCUT2D eigenvalue weighted by Crippen LogP contribution is -2.54. The third-order valence-electron chi connectivity index (χ3n) is 10.5. The van der Waals surface area contributed by atoms with Crippen LogP contribution < -0.4 is 0 Å². The molecule has 0 heterocycles. The Morgan fingerprint density at radius 3 is 2.40 bits per heavy atom. The van der Waals surface area contributed by atoms with E-state index in [0.29, 0.717) is 35.0 Å². The van der Waals surface area contributed by atoms with Crippen LogP contribution in [0.2, 0.25) is 0 Å². The van der Waals surface area contributed by atoms with Crippen LogP contribution in [0, 0.1) is 46.3 Å². The Kier molecular flexibility index (Phi) is 6.00. The Hall–Kier alpha value is -1.06. The molecule has 1 N–H and O–H groups in total. The molecule has 0 aromatic rings. The number of carbonyl (C=O) groups is 2. The first-order chi connectivity index (χ1) is 14.1. The van der Waals surface area contributed by atoms with E-state index in [1.54, 1.807) is 6.92 Å². The molecular formula is C26H42O4. The fourth-order valence-corrected chi connectivity index (χ4v) is 9.09. The summed E-state index contributed by atoms with van der Waals surface area (Å²) >= 11 is 0. The van der Waals surface area contributed by atoms with Crippen molar-refractivity contribution in [2.75, 3.05) is 0 Å². The highest BCUT2D eigenvalue weighted by Gasteiger charge is 2.60. The summed E-state index contributed by atoms with van der Waals surface area (Å²) in [6.07, 6.45) is 12.5. The van der Waals surface area contributed by atoms with Crippen LogP contribution >= 0.6 is 0 Å². The molecule has 170 valence electrons. The Labute approximate surface area is 182 Å². The van der Waals surface area contributed by atoms with Gasteiger partial charge in [0.05, 0.1) is 0 Å². The Morgan fingerprint density at radius 2 is 1.70 bits per heavy atom. The molecule has 30 heavy (non-hydrogen) atoms. The van der Waals surface area contributed by atoms with E-state index in [4.69, 9.17) is 9.84 Å². The van der Waals surface area contributed by atoms with Crippen molar-refractivity contribution in [3.8, 4) is 0 Å². The summed E-state index contributed by atoms with van der Waals surface area (Å²) in [5, 5.41) is 9.13. The molecule has 0 amide bonds. The van der Waals surface area contributed by atoms with Gasteiger partial charge in [0.15, 0.2) is 0 Å². The van der Waals surface area contributed by atoms with Crippen LogP contribution in [-0.2, 0) is 14.3 Å². The van der Waals surface area contributed by atoms with Crippen molar-refractivity contribution < 1.29 is 19.4 Å². The molecule has 0 radical (unpaired) electrons. The third kappa shape index (κ3) is 3.71. The molecule has 4 aliphatic rings. The fourth-order valence-electron chi connectivity index (χ4n) is 9.09. The van der Waals surface area contributed by atoms with Gasteiger partial charge in [0.2, 0.25) is 0 Å². The molecule has 4 aliphatic carbocycles. The summed E-state index contributed by atoms with van der Waals surface area (Å²) in [6.45, 7) is 8.96. The lowest BCUT2D eigenvalue weighted by atomic mass is 9.44. The van der Waals surface area contributed by atoms with Crippen molar-refractivity contribution in [1.29, 1.82) is 0 Å².